The summed E-state index contributed by atoms with van der Waals surface area (Å²) in [5.74, 6) is -10.5. The molecule has 0 radical (unpaired) electrons. The monoisotopic (exact) mass is 374 g/mol. The summed E-state index contributed by atoms with van der Waals surface area (Å²) in [6.07, 6.45) is 0. The van der Waals surface area contributed by atoms with Gasteiger partial charge in [0.1, 0.15) is 6.04 Å². The van der Waals surface area contributed by atoms with Crippen molar-refractivity contribution < 1.29 is 22.0 Å². The molecule has 0 unspecified atom stereocenters. The van der Waals surface area contributed by atoms with Crippen LogP contribution < -0.4 is 0 Å². The summed E-state index contributed by atoms with van der Waals surface area (Å²) in [5, 5.41) is 0. The molecule has 0 saturated heterocycles. The molecule has 0 saturated carbocycles. The van der Waals surface area contributed by atoms with Gasteiger partial charge in [0.05, 0.1) is 6.01 Å². The van der Waals surface area contributed by atoms with Crippen molar-refractivity contribution in [1.82, 2.24) is 0 Å². The lowest BCUT2D eigenvalue weighted by Crippen LogP contribution is -2.00. The maximum atomic E-state index is 13.7. The van der Waals surface area contributed by atoms with Crippen molar-refractivity contribution in [3.8, 4) is 0 Å². The Morgan fingerprint density at radius 1 is 0.593 bits per heavy atom. The summed E-state index contributed by atoms with van der Waals surface area (Å²) < 4.78 is 66.9. The molecule has 0 fully saturated rings. The topological polar surface area (TPSA) is 24.7 Å². The Bertz CT molecular complexity index is 945. The number of rotatable bonds is 4. The number of nitrogens with zero attached hydrogens (tertiary/aromatic N) is 2. The van der Waals surface area contributed by atoms with E-state index in [1.807, 2.05) is 0 Å². The van der Waals surface area contributed by atoms with Crippen LogP contribution in [-0.2, 0) is 0 Å². The van der Waals surface area contributed by atoms with Crippen LogP contribution in [0.1, 0.15) is 17.2 Å². The Morgan fingerprint density at radius 2 is 1.00 bits per heavy atom. The Kier molecular flexibility index (Phi) is 5.43. The van der Waals surface area contributed by atoms with E-state index < -0.39 is 40.8 Å². The van der Waals surface area contributed by atoms with Crippen molar-refractivity contribution >= 4 is 11.7 Å². The molecule has 0 atom stereocenters. The first-order chi connectivity index (χ1) is 13.0. The van der Waals surface area contributed by atoms with E-state index in [0.717, 1.165) is 11.1 Å². The average Bonchev–Trinajstić information content (AvgIpc) is 2.71. The molecule has 3 aromatic rings. The zero-order valence-corrected chi connectivity index (χ0v) is 13.6. The van der Waals surface area contributed by atoms with Crippen LogP contribution in [-0.4, -0.2) is 6.01 Å². The van der Waals surface area contributed by atoms with E-state index >= 15 is 0 Å². The van der Waals surface area contributed by atoms with Gasteiger partial charge in [0, 0.05) is 0 Å². The van der Waals surface area contributed by atoms with E-state index in [4.69, 9.17) is 0 Å². The first kappa shape index (κ1) is 18.5. The molecule has 2 nitrogen and oxygen atoms in total. The summed E-state index contributed by atoms with van der Waals surface area (Å²) in [4.78, 5) is 7.28. The minimum Gasteiger partial charge on any atom is -0.212 e. The van der Waals surface area contributed by atoms with Crippen LogP contribution in [0.2, 0.25) is 0 Å². The minimum absolute atomic E-state index is 0.614. The van der Waals surface area contributed by atoms with Crippen LogP contribution in [0, 0.1) is 29.1 Å². The molecular weight excluding hydrogens is 363 g/mol. The molecule has 0 aliphatic carbocycles. The number of hydrogen-bond acceptors (Lipinski definition) is 2. The van der Waals surface area contributed by atoms with E-state index in [2.05, 4.69) is 16.0 Å². The molecule has 3 rings (SSSR count). The number of halogens is 5. The molecule has 0 bridgehead atoms. The van der Waals surface area contributed by atoms with Crippen LogP contribution in [0.25, 0.3) is 0 Å². The zero-order chi connectivity index (χ0) is 19.4. The fourth-order valence-electron chi connectivity index (χ4n) is 2.44. The molecule has 0 heterocycles. The van der Waals surface area contributed by atoms with Gasteiger partial charge in [-0.3, -0.25) is 0 Å². The number of hydrogen-bond donors (Lipinski definition) is 0. The second-order valence-electron chi connectivity index (χ2n) is 5.48. The summed E-state index contributed by atoms with van der Waals surface area (Å²) >= 11 is 0. The first-order valence-electron chi connectivity index (χ1n) is 7.77. The third kappa shape index (κ3) is 3.78. The standard InChI is InChI=1S/C20H11F5N2/c21-14-15(22)17(24)20(18(25)16(14)23)27-11-26-19(12-7-3-1-4-8-12)13-9-5-2-6-10-13/h1-10,19H. The predicted octanol–water partition coefficient (Wildman–Crippen LogP) is 5.98. The molecule has 7 heteroatoms. The average molecular weight is 374 g/mol. The summed E-state index contributed by atoms with van der Waals surface area (Å²) in [6, 6.07) is 19.3. The van der Waals surface area contributed by atoms with E-state index in [0.29, 0.717) is 0 Å². The fourth-order valence-corrected chi connectivity index (χ4v) is 2.44. The molecule has 0 aliphatic heterocycles. The maximum Gasteiger partial charge on any atom is 0.200 e. The summed E-state index contributed by atoms with van der Waals surface area (Å²) in [7, 11) is 0. The second kappa shape index (κ2) is 7.93. The van der Waals surface area contributed by atoms with Gasteiger partial charge in [0.15, 0.2) is 29.0 Å². The first-order valence-corrected chi connectivity index (χ1v) is 7.77. The van der Waals surface area contributed by atoms with Gasteiger partial charge >= 0.3 is 0 Å². The lowest BCUT2D eigenvalue weighted by Gasteiger charge is -2.11. The quantitative estimate of drug-likeness (QED) is 0.232. The van der Waals surface area contributed by atoms with Crippen molar-refractivity contribution in [2.45, 2.75) is 6.04 Å². The molecular formula is C20H11F5N2. The summed E-state index contributed by atoms with van der Waals surface area (Å²) in [5.41, 5.74) is 0.141. The highest BCUT2D eigenvalue weighted by Crippen LogP contribution is 2.29. The molecule has 0 spiro atoms. The normalized spacial score (nSPS) is 10.6. The third-order valence-electron chi connectivity index (χ3n) is 3.77. The molecule has 0 aromatic heterocycles. The van der Waals surface area contributed by atoms with Gasteiger partial charge in [-0.15, -0.1) is 0 Å². The lowest BCUT2D eigenvalue weighted by atomic mass is 10.00. The second-order valence-corrected chi connectivity index (χ2v) is 5.48. The fraction of sp³-hybridized carbons (Fsp3) is 0.0500. The maximum absolute atomic E-state index is 13.7. The van der Waals surface area contributed by atoms with Crippen LogP contribution >= 0.6 is 0 Å². The minimum atomic E-state index is -2.24. The van der Waals surface area contributed by atoms with Crippen LogP contribution in [0.15, 0.2) is 70.6 Å². The largest absolute Gasteiger partial charge is 0.212 e. The van der Waals surface area contributed by atoms with E-state index in [9.17, 15) is 22.0 Å². The van der Waals surface area contributed by atoms with E-state index in [-0.39, 0.29) is 0 Å². The predicted molar refractivity (Wildman–Crippen MR) is 90.5 cm³/mol. The third-order valence-corrected chi connectivity index (χ3v) is 3.77. The van der Waals surface area contributed by atoms with E-state index in [1.54, 1.807) is 60.7 Å². The van der Waals surface area contributed by atoms with Gasteiger partial charge in [0.25, 0.3) is 0 Å². The van der Waals surface area contributed by atoms with Gasteiger partial charge in [-0.25, -0.2) is 26.9 Å². The van der Waals surface area contributed by atoms with Crippen molar-refractivity contribution in [1.29, 1.82) is 0 Å². The molecule has 0 N–H and O–H groups in total. The van der Waals surface area contributed by atoms with Crippen molar-refractivity contribution in [2.24, 2.45) is 9.98 Å². The van der Waals surface area contributed by atoms with Gasteiger partial charge in [-0.1, -0.05) is 60.7 Å². The van der Waals surface area contributed by atoms with Gasteiger partial charge in [0.2, 0.25) is 5.82 Å². The zero-order valence-electron chi connectivity index (χ0n) is 13.6. The Hall–Kier alpha value is -3.31. The molecule has 0 amide bonds. The van der Waals surface area contributed by atoms with Crippen LogP contribution in [0.4, 0.5) is 27.6 Å². The Morgan fingerprint density at radius 3 is 1.44 bits per heavy atom. The SMILES string of the molecule is Fc1c(F)c(F)c(N=C=NC(c2ccccc2)c2ccccc2)c(F)c1F. The molecule has 27 heavy (non-hydrogen) atoms. The highest BCUT2D eigenvalue weighted by molar-refractivity contribution is 5.55. The molecule has 3 aromatic carbocycles. The smallest absolute Gasteiger partial charge is 0.200 e. The van der Waals surface area contributed by atoms with Crippen LogP contribution in [0.5, 0.6) is 0 Å². The summed E-state index contributed by atoms with van der Waals surface area (Å²) in [6.45, 7) is 0. The van der Waals surface area contributed by atoms with Gasteiger partial charge in [-0.05, 0) is 11.1 Å². The highest BCUT2D eigenvalue weighted by atomic mass is 19.2. The highest BCUT2D eigenvalue weighted by Gasteiger charge is 2.25. The van der Waals surface area contributed by atoms with Crippen molar-refractivity contribution in [3.05, 3.63) is 101 Å². The number of aliphatic imine (C=N–C) groups is 2. The molecule has 136 valence electrons. The Balaban J connectivity index is 2.06. The lowest BCUT2D eigenvalue weighted by molar-refractivity contribution is 0.381. The number of benzene rings is 3. The van der Waals surface area contributed by atoms with Gasteiger partial charge < -0.3 is 0 Å². The van der Waals surface area contributed by atoms with Crippen LogP contribution in [0.3, 0.4) is 0 Å². The van der Waals surface area contributed by atoms with Crippen molar-refractivity contribution in [3.63, 3.8) is 0 Å². The van der Waals surface area contributed by atoms with E-state index in [1.165, 1.54) is 0 Å². The Labute approximate surface area is 151 Å². The molecule has 0 aliphatic rings. The van der Waals surface area contributed by atoms with Gasteiger partial charge in [-0.2, -0.15) is 4.99 Å². The van der Waals surface area contributed by atoms with Crippen molar-refractivity contribution in [2.75, 3.05) is 0 Å².